The SMILES string of the molecule is CC(C)COc1ccc(C(=O)NCc2nnc3n2CC[C@H](C(F)(F)F)C3)cn1. The molecule has 0 fully saturated rings. The number of amides is 1. The highest BCUT2D eigenvalue weighted by Gasteiger charge is 2.42. The molecule has 0 aromatic carbocycles. The van der Waals surface area contributed by atoms with Crippen molar-refractivity contribution in [1.82, 2.24) is 25.1 Å². The highest BCUT2D eigenvalue weighted by Crippen LogP contribution is 2.34. The van der Waals surface area contributed by atoms with Crippen molar-refractivity contribution in [3.8, 4) is 5.88 Å². The minimum absolute atomic E-state index is 0.0166. The molecule has 0 saturated heterocycles. The van der Waals surface area contributed by atoms with Gasteiger partial charge in [0.25, 0.3) is 5.91 Å². The van der Waals surface area contributed by atoms with E-state index in [1.54, 1.807) is 16.7 Å². The number of hydrogen-bond donors (Lipinski definition) is 1. The Morgan fingerprint density at radius 2 is 2.14 bits per heavy atom. The Balaban J connectivity index is 1.57. The number of fused-ring (bicyclic) bond motifs is 1. The van der Waals surface area contributed by atoms with Crippen LogP contribution in [0.4, 0.5) is 13.2 Å². The first-order valence-corrected chi connectivity index (χ1v) is 9.08. The van der Waals surface area contributed by atoms with Crippen molar-refractivity contribution >= 4 is 5.91 Å². The van der Waals surface area contributed by atoms with Gasteiger partial charge >= 0.3 is 6.18 Å². The molecular formula is C18H22F3N5O2. The first-order valence-electron chi connectivity index (χ1n) is 9.08. The summed E-state index contributed by atoms with van der Waals surface area (Å²) in [5.41, 5.74) is 0.354. The topological polar surface area (TPSA) is 81.9 Å². The second-order valence-corrected chi connectivity index (χ2v) is 7.19. The van der Waals surface area contributed by atoms with Crippen LogP contribution in [0.25, 0.3) is 0 Å². The molecule has 10 heteroatoms. The molecule has 1 aliphatic rings. The van der Waals surface area contributed by atoms with Crippen molar-refractivity contribution in [2.24, 2.45) is 11.8 Å². The molecule has 152 valence electrons. The lowest BCUT2D eigenvalue weighted by Crippen LogP contribution is -2.32. The Kier molecular flexibility index (Phi) is 5.85. The van der Waals surface area contributed by atoms with Gasteiger partial charge in [-0.2, -0.15) is 13.2 Å². The van der Waals surface area contributed by atoms with E-state index in [2.05, 4.69) is 20.5 Å². The highest BCUT2D eigenvalue weighted by atomic mass is 19.4. The molecule has 3 heterocycles. The Labute approximate surface area is 160 Å². The quantitative estimate of drug-likeness (QED) is 0.811. The number of nitrogens with zero attached hydrogens (tertiary/aromatic N) is 4. The lowest BCUT2D eigenvalue weighted by atomic mass is 9.97. The molecule has 1 atom stereocenters. The molecule has 2 aromatic rings. The first kappa shape index (κ1) is 20.1. The van der Waals surface area contributed by atoms with Crippen LogP contribution in [-0.4, -0.2) is 38.4 Å². The van der Waals surface area contributed by atoms with Crippen LogP contribution >= 0.6 is 0 Å². The number of hydrogen-bond acceptors (Lipinski definition) is 5. The van der Waals surface area contributed by atoms with Crippen molar-refractivity contribution in [3.63, 3.8) is 0 Å². The van der Waals surface area contributed by atoms with Crippen LogP contribution in [-0.2, 0) is 19.5 Å². The van der Waals surface area contributed by atoms with Gasteiger partial charge in [0, 0.05) is 25.2 Å². The summed E-state index contributed by atoms with van der Waals surface area (Å²) in [5.74, 6) is -0.209. The monoisotopic (exact) mass is 397 g/mol. The smallest absolute Gasteiger partial charge is 0.392 e. The van der Waals surface area contributed by atoms with E-state index < -0.39 is 12.1 Å². The third-order valence-electron chi connectivity index (χ3n) is 4.47. The lowest BCUT2D eigenvalue weighted by molar-refractivity contribution is -0.179. The van der Waals surface area contributed by atoms with Gasteiger partial charge in [-0.15, -0.1) is 10.2 Å². The molecule has 1 amide bonds. The van der Waals surface area contributed by atoms with Crippen molar-refractivity contribution < 1.29 is 22.7 Å². The number of alkyl halides is 3. The van der Waals surface area contributed by atoms with Crippen LogP contribution in [0, 0.1) is 11.8 Å². The molecular weight excluding hydrogens is 375 g/mol. The maximum atomic E-state index is 12.9. The highest BCUT2D eigenvalue weighted by molar-refractivity contribution is 5.93. The molecule has 0 spiro atoms. The number of aromatic nitrogens is 4. The molecule has 1 aliphatic heterocycles. The van der Waals surface area contributed by atoms with Crippen LogP contribution in [0.2, 0.25) is 0 Å². The fourth-order valence-corrected chi connectivity index (χ4v) is 2.91. The second-order valence-electron chi connectivity index (χ2n) is 7.19. The molecule has 28 heavy (non-hydrogen) atoms. The van der Waals surface area contributed by atoms with E-state index in [-0.39, 0.29) is 31.8 Å². The number of carbonyl (C=O) groups excluding carboxylic acids is 1. The van der Waals surface area contributed by atoms with E-state index in [1.165, 1.54) is 6.20 Å². The van der Waals surface area contributed by atoms with E-state index in [0.717, 1.165) is 0 Å². The van der Waals surface area contributed by atoms with E-state index in [9.17, 15) is 18.0 Å². The summed E-state index contributed by atoms with van der Waals surface area (Å²) in [6.45, 7) is 4.84. The molecule has 7 nitrogen and oxygen atoms in total. The van der Waals surface area contributed by atoms with Crippen molar-refractivity contribution in [2.75, 3.05) is 6.61 Å². The zero-order valence-electron chi connectivity index (χ0n) is 15.7. The number of ether oxygens (including phenoxy) is 1. The Bertz CT molecular complexity index is 818. The molecule has 0 bridgehead atoms. The van der Waals surface area contributed by atoms with Gasteiger partial charge < -0.3 is 14.6 Å². The van der Waals surface area contributed by atoms with Gasteiger partial charge in [0.2, 0.25) is 5.88 Å². The predicted octanol–water partition coefficient (Wildman–Crippen LogP) is 2.76. The zero-order valence-corrected chi connectivity index (χ0v) is 15.7. The molecule has 0 aliphatic carbocycles. The maximum absolute atomic E-state index is 12.9. The summed E-state index contributed by atoms with van der Waals surface area (Å²) >= 11 is 0. The minimum Gasteiger partial charge on any atom is -0.477 e. The lowest BCUT2D eigenvalue weighted by Gasteiger charge is -2.25. The van der Waals surface area contributed by atoms with Crippen LogP contribution in [0.3, 0.4) is 0 Å². The summed E-state index contributed by atoms with van der Waals surface area (Å²) in [7, 11) is 0. The van der Waals surface area contributed by atoms with Gasteiger partial charge in [-0.3, -0.25) is 4.79 Å². The molecule has 1 N–H and O–H groups in total. The molecule has 0 saturated carbocycles. The van der Waals surface area contributed by atoms with Gasteiger partial charge in [-0.25, -0.2) is 4.98 Å². The maximum Gasteiger partial charge on any atom is 0.392 e. The second kappa shape index (κ2) is 8.15. The minimum atomic E-state index is -4.23. The number of nitrogens with one attached hydrogen (secondary N) is 1. The fraction of sp³-hybridized carbons (Fsp3) is 0.556. The Morgan fingerprint density at radius 1 is 1.36 bits per heavy atom. The standard InChI is InChI=1S/C18H22F3N5O2/c1-11(2)10-28-16-4-3-12(8-22-16)17(27)23-9-15-25-24-14-7-13(18(19,20)21)5-6-26(14)15/h3-4,8,11,13H,5-7,9-10H2,1-2H3,(H,23,27)/t13-/m0/s1. The van der Waals surface area contributed by atoms with Gasteiger partial charge in [-0.1, -0.05) is 13.8 Å². The summed E-state index contributed by atoms with van der Waals surface area (Å²) in [6.07, 6.45) is -3.02. The summed E-state index contributed by atoms with van der Waals surface area (Å²) in [4.78, 5) is 16.4. The average molecular weight is 397 g/mol. The first-order chi connectivity index (χ1) is 13.2. The van der Waals surface area contributed by atoms with E-state index in [4.69, 9.17) is 4.74 Å². The van der Waals surface area contributed by atoms with E-state index in [1.807, 2.05) is 13.8 Å². The fourth-order valence-electron chi connectivity index (χ4n) is 2.91. The average Bonchev–Trinajstić information content (AvgIpc) is 3.06. The van der Waals surface area contributed by atoms with Gasteiger partial charge in [0.05, 0.1) is 24.6 Å². The normalized spacial score (nSPS) is 16.7. The summed E-state index contributed by atoms with van der Waals surface area (Å²) in [6, 6.07) is 3.22. The number of carbonyl (C=O) groups is 1. The van der Waals surface area contributed by atoms with Crippen LogP contribution in [0.1, 0.15) is 42.3 Å². The van der Waals surface area contributed by atoms with Crippen LogP contribution in [0.15, 0.2) is 18.3 Å². The Morgan fingerprint density at radius 3 is 2.79 bits per heavy atom. The number of halogens is 3. The van der Waals surface area contributed by atoms with Gasteiger partial charge in [0.1, 0.15) is 5.82 Å². The number of rotatable bonds is 6. The van der Waals surface area contributed by atoms with E-state index in [0.29, 0.717) is 35.6 Å². The van der Waals surface area contributed by atoms with Crippen molar-refractivity contribution in [3.05, 3.63) is 35.5 Å². The van der Waals surface area contributed by atoms with Gasteiger partial charge in [-0.05, 0) is 18.4 Å². The van der Waals surface area contributed by atoms with Crippen molar-refractivity contribution in [2.45, 2.75) is 46.0 Å². The van der Waals surface area contributed by atoms with E-state index >= 15 is 0 Å². The van der Waals surface area contributed by atoms with Gasteiger partial charge in [0.15, 0.2) is 5.82 Å². The Hall–Kier alpha value is -2.65. The largest absolute Gasteiger partial charge is 0.477 e. The van der Waals surface area contributed by atoms with Crippen LogP contribution < -0.4 is 10.1 Å². The van der Waals surface area contributed by atoms with Crippen molar-refractivity contribution in [1.29, 1.82) is 0 Å². The third-order valence-corrected chi connectivity index (χ3v) is 4.47. The third kappa shape index (κ3) is 4.79. The molecule has 0 radical (unpaired) electrons. The summed E-state index contributed by atoms with van der Waals surface area (Å²) in [5, 5.41) is 10.5. The predicted molar refractivity (Wildman–Crippen MR) is 93.6 cm³/mol. The van der Waals surface area contributed by atoms with Crippen LogP contribution in [0.5, 0.6) is 5.88 Å². The molecule has 0 unspecified atom stereocenters. The molecule has 3 rings (SSSR count). The zero-order chi connectivity index (χ0) is 20.3. The molecule has 2 aromatic heterocycles. The summed E-state index contributed by atoms with van der Waals surface area (Å²) < 4.78 is 45.7. The number of pyridine rings is 1.